The van der Waals surface area contributed by atoms with Crippen molar-refractivity contribution in [3.8, 4) is 17.2 Å². The Morgan fingerprint density at radius 1 is 1.36 bits per heavy atom. The second-order valence-electron chi connectivity index (χ2n) is 8.93. The average molecular weight is 490 g/mol. The predicted molar refractivity (Wildman–Crippen MR) is 128 cm³/mol. The van der Waals surface area contributed by atoms with Gasteiger partial charge in [0.25, 0.3) is 0 Å². The Morgan fingerprint density at radius 2 is 2.22 bits per heavy atom. The summed E-state index contributed by atoms with van der Waals surface area (Å²) in [6.07, 6.45) is 4.50. The fraction of sp³-hybridized carbons (Fsp3) is 0.333. The molecule has 5 rings (SSSR count). The number of pyridine rings is 1. The summed E-state index contributed by atoms with van der Waals surface area (Å²) < 4.78 is 21.5. The highest BCUT2D eigenvalue weighted by Gasteiger charge is 2.38. The lowest BCUT2D eigenvalue weighted by Gasteiger charge is -2.16. The van der Waals surface area contributed by atoms with Crippen LogP contribution in [0.2, 0.25) is 0 Å². The molecule has 0 unspecified atom stereocenters. The van der Waals surface area contributed by atoms with Crippen LogP contribution in [-0.2, 0) is 4.74 Å². The van der Waals surface area contributed by atoms with Gasteiger partial charge in [0.05, 0.1) is 6.20 Å². The lowest BCUT2D eigenvalue weighted by atomic mass is 10.0. The molecule has 12 heteroatoms. The Hall–Kier alpha value is -4.53. The maximum atomic E-state index is 14.6. The first-order valence-electron chi connectivity index (χ1n) is 11.5. The van der Waals surface area contributed by atoms with Gasteiger partial charge in [0, 0.05) is 53.4 Å². The molecule has 1 aliphatic carbocycles. The fourth-order valence-corrected chi connectivity index (χ4v) is 4.30. The number of nitrogens with zero attached hydrogens (tertiary/aromatic N) is 6. The van der Waals surface area contributed by atoms with Gasteiger partial charge in [-0.05, 0) is 32.8 Å². The molecule has 1 fully saturated rings. The maximum absolute atomic E-state index is 14.6. The van der Waals surface area contributed by atoms with Gasteiger partial charge in [0.2, 0.25) is 5.95 Å². The van der Waals surface area contributed by atoms with E-state index in [1.807, 2.05) is 26.0 Å². The number of amides is 1. The van der Waals surface area contributed by atoms with Gasteiger partial charge in [-0.3, -0.25) is 14.5 Å². The summed E-state index contributed by atoms with van der Waals surface area (Å²) in [7, 11) is 0. The minimum Gasteiger partial charge on any atom is -0.443 e. The van der Waals surface area contributed by atoms with E-state index in [1.54, 1.807) is 35.3 Å². The number of nitrogens with one attached hydrogen (secondary N) is 3. The monoisotopic (exact) mass is 489 g/mol. The highest BCUT2D eigenvalue weighted by Crippen LogP contribution is 2.38. The number of carbonyl (C=O) groups is 1. The van der Waals surface area contributed by atoms with Crippen LogP contribution < -0.4 is 10.6 Å². The van der Waals surface area contributed by atoms with Gasteiger partial charge >= 0.3 is 6.09 Å². The molecule has 0 saturated heterocycles. The highest BCUT2D eigenvalue weighted by atomic mass is 19.1. The van der Waals surface area contributed by atoms with E-state index in [0.717, 1.165) is 16.8 Å². The van der Waals surface area contributed by atoms with Crippen LogP contribution in [-0.4, -0.2) is 54.0 Å². The second kappa shape index (κ2) is 9.61. The van der Waals surface area contributed by atoms with Crippen molar-refractivity contribution < 1.29 is 13.9 Å². The van der Waals surface area contributed by atoms with Gasteiger partial charge in [-0.1, -0.05) is 6.07 Å². The molecule has 11 nitrogen and oxygen atoms in total. The molecule has 1 amide bonds. The van der Waals surface area contributed by atoms with E-state index >= 15 is 0 Å². The van der Waals surface area contributed by atoms with Gasteiger partial charge < -0.3 is 15.4 Å². The van der Waals surface area contributed by atoms with Crippen LogP contribution >= 0.6 is 0 Å². The van der Waals surface area contributed by atoms with Crippen LogP contribution in [0.3, 0.4) is 0 Å². The molecule has 1 saturated carbocycles. The van der Waals surface area contributed by atoms with E-state index in [2.05, 4.69) is 41.9 Å². The lowest BCUT2D eigenvalue weighted by molar-refractivity contribution is 0.0593. The van der Waals surface area contributed by atoms with Crippen molar-refractivity contribution in [1.29, 1.82) is 5.26 Å². The van der Waals surface area contributed by atoms with Crippen LogP contribution in [0.1, 0.15) is 44.0 Å². The zero-order valence-electron chi connectivity index (χ0n) is 19.6. The maximum Gasteiger partial charge on any atom is 0.407 e. The van der Waals surface area contributed by atoms with E-state index in [4.69, 9.17) is 4.74 Å². The van der Waals surface area contributed by atoms with Crippen molar-refractivity contribution in [3.05, 3.63) is 54.4 Å². The Kier molecular flexibility index (Phi) is 6.20. The summed E-state index contributed by atoms with van der Waals surface area (Å²) in [5.74, 6) is 0.697. The molecule has 0 spiro atoms. The van der Waals surface area contributed by atoms with Crippen molar-refractivity contribution in [3.63, 3.8) is 0 Å². The second-order valence-corrected chi connectivity index (χ2v) is 8.93. The summed E-state index contributed by atoms with van der Waals surface area (Å²) in [6.45, 7) is 3.62. The number of nitriles is 1. The number of hydrogen-bond donors (Lipinski definition) is 3. The molecule has 4 aromatic rings. The van der Waals surface area contributed by atoms with E-state index in [9.17, 15) is 14.4 Å². The number of alkyl carbamates (subject to hydrolysis) is 1. The minimum absolute atomic E-state index is 0.0905. The van der Waals surface area contributed by atoms with Crippen LogP contribution in [0, 0.1) is 11.3 Å². The first kappa shape index (κ1) is 23.2. The summed E-state index contributed by atoms with van der Waals surface area (Å²) in [6, 6.07) is 7.45. The highest BCUT2D eigenvalue weighted by molar-refractivity contribution is 5.78. The van der Waals surface area contributed by atoms with Gasteiger partial charge in [-0.15, -0.1) is 0 Å². The normalized spacial score (nSPS) is 19.4. The minimum atomic E-state index is -1.26. The molecule has 4 aromatic heterocycles. The molecular weight excluding hydrogens is 465 g/mol. The number of anilines is 2. The third kappa shape index (κ3) is 4.68. The summed E-state index contributed by atoms with van der Waals surface area (Å²) >= 11 is 0. The van der Waals surface area contributed by atoms with Crippen molar-refractivity contribution in [2.24, 2.45) is 0 Å². The number of halogens is 1. The third-order valence-electron chi connectivity index (χ3n) is 5.95. The molecule has 3 N–H and O–H groups in total. The Morgan fingerprint density at radius 3 is 2.97 bits per heavy atom. The number of imidazole rings is 1. The van der Waals surface area contributed by atoms with Crippen molar-refractivity contribution in [2.75, 3.05) is 5.32 Å². The van der Waals surface area contributed by atoms with Crippen LogP contribution in [0.4, 0.5) is 21.0 Å². The molecule has 3 atom stereocenters. The number of alkyl halides is 1. The first-order valence-corrected chi connectivity index (χ1v) is 11.5. The summed E-state index contributed by atoms with van der Waals surface area (Å²) in [5, 5.41) is 22.4. The SMILES string of the molecule is CC(C)NC(=O)O[C@H]1C[C@@H](c2cc(Nc3ncc(-c4cccnc4)c4nc(C#N)cn34)n[nH]2)C[C@H]1F. The van der Waals surface area contributed by atoms with E-state index < -0.39 is 18.4 Å². The predicted octanol–water partition coefficient (Wildman–Crippen LogP) is 3.85. The molecule has 0 radical (unpaired) electrons. The summed E-state index contributed by atoms with van der Waals surface area (Å²) in [5.41, 5.74) is 3.06. The van der Waals surface area contributed by atoms with E-state index in [1.165, 1.54) is 0 Å². The Labute approximate surface area is 205 Å². The molecule has 4 heterocycles. The third-order valence-corrected chi connectivity index (χ3v) is 5.95. The van der Waals surface area contributed by atoms with Crippen molar-refractivity contribution >= 4 is 23.5 Å². The number of hydrogen-bond acceptors (Lipinski definition) is 8. The van der Waals surface area contributed by atoms with Gasteiger partial charge in [-0.2, -0.15) is 10.4 Å². The number of aromatic amines is 1. The quantitative estimate of drug-likeness (QED) is 0.370. The lowest BCUT2D eigenvalue weighted by Crippen LogP contribution is -2.35. The molecule has 0 aromatic carbocycles. The molecule has 0 aliphatic heterocycles. The Balaban J connectivity index is 1.35. The fourth-order valence-electron chi connectivity index (χ4n) is 4.30. The molecule has 1 aliphatic rings. The number of carbonyl (C=O) groups excluding carboxylic acids is 1. The zero-order chi connectivity index (χ0) is 25.2. The molecular formula is C24H24FN9O2. The number of H-pyrrole nitrogens is 1. The number of ether oxygens (including phenoxy) is 1. The van der Waals surface area contributed by atoms with Gasteiger partial charge in [-0.25, -0.2) is 19.2 Å². The largest absolute Gasteiger partial charge is 0.443 e. The van der Waals surface area contributed by atoms with Gasteiger partial charge in [0.15, 0.2) is 17.2 Å². The van der Waals surface area contributed by atoms with Crippen LogP contribution in [0.25, 0.3) is 16.8 Å². The van der Waals surface area contributed by atoms with E-state index in [0.29, 0.717) is 23.8 Å². The molecule has 184 valence electrons. The summed E-state index contributed by atoms with van der Waals surface area (Å²) in [4.78, 5) is 25.0. The Bertz CT molecular complexity index is 1430. The van der Waals surface area contributed by atoms with Crippen molar-refractivity contribution in [2.45, 2.75) is 50.9 Å². The van der Waals surface area contributed by atoms with E-state index in [-0.39, 0.29) is 24.1 Å². The molecule has 36 heavy (non-hydrogen) atoms. The standard InChI is InChI=1S/C24H24FN9O2/c1-13(2)29-24(35)36-20-7-15(6-18(20)25)19-8-21(33-32-19)31-23-28-11-17(14-4-3-5-27-10-14)22-30-16(9-26)12-34(22)23/h3-5,8,10-13,15,18,20H,6-7H2,1-2H3,(H,29,35)(H2,28,31,32,33)/t15-,18+,20-/m0/s1. The van der Waals surface area contributed by atoms with Crippen molar-refractivity contribution in [1.82, 2.24) is 34.9 Å². The first-order chi connectivity index (χ1) is 17.4. The van der Waals surface area contributed by atoms with Crippen LogP contribution in [0.5, 0.6) is 0 Å². The molecule has 0 bridgehead atoms. The zero-order valence-corrected chi connectivity index (χ0v) is 19.6. The topological polar surface area (TPSA) is 146 Å². The van der Waals surface area contributed by atoms with Gasteiger partial charge in [0.1, 0.15) is 18.3 Å². The number of fused-ring (bicyclic) bond motifs is 1. The number of rotatable bonds is 6. The number of aromatic nitrogens is 6. The smallest absolute Gasteiger partial charge is 0.407 e. The van der Waals surface area contributed by atoms with Crippen LogP contribution in [0.15, 0.2) is 43.0 Å². The average Bonchev–Trinajstić information content (AvgIpc) is 3.58.